The van der Waals surface area contributed by atoms with Crippen molar-refractivity contribution in [3.63, 3.8) is 0 Å². The van der Waals surface area contributed by atoms with Gasteiger partial charge in [0.15, 0.2) is 5.65 Å². The molecule has 0 aliphatic heterocycles. The number of aromatic nitrogens is 3. The molecule has 0 saturated heterocycles. The summed E-state index contributed by atoms with van der Waals surface area (Å²) in [6.45, 7) is 6.19. The molecule has 2 aromatic rings. The van der Waals surface area contributed by atoms with Gasteiger partial charge in [0.1, 0.15) is 0 Å². The smallest absolute Gasteiger partial charge is 0.247 e. The molecule has 0 unspecified atom stereocenters. The van der Waals surface area contributed by atoms with Crippen molar-refractivity contribution in [3.8, 4) is 0 Å². The third-order valence-corrected chi connectivity index (χ3v) is 2.71. The van der Waals surface area contributed by atoms with E-state index in [4.69, 9.17) is 0 Å². The number of hydrogen-bond acceptors (Lipinski definition) is 2. The van der Waals surface area contributed by atoms with Crippen LogP contribution in [-0.2, 0) is 6.54 Å². The quantitative estimate of drug-likeness (QED) is 0.821. The maximum absolute atomic E-state index is 13.0. The second kappa shape index (κ2) is 4.39. The number of halogens is 2. The highest BCUT2D eigenvalue weighted by atomic mass is 19.3. The second-order valence-electron chi connectivity index (χ2n) is 4.16. The SMILES string of the molecule is CCCn1nc(C)c2c(C(F)F)cc(C)nc21. The first-order valence-electron chi connectivity index (χ1n) is 5.67. The van der Waals surface area contributed by atoms with E-state index >= 15 is 0 Å². The molecule has 0 N–H and O–H groups in total. The summed E-state index contributed by atoms with van der Waals surface area (Å²) >= 11 is 0. The maximum atomic E-state index is 13.0. The summed E-state index contributed by atoms with van der Waals surface area (Å²) in [6.07, 6.45) is -1.59. The summed E-state index contributed by atoms with van der Waals surface area (Å²) in [4.78, 5) is 4.33. The third-order valence-electron chi connectivity index (χ3n) is 2.71. The molecule has 0 atom stereocenters. The Morgan fingerprint density at radius 2 is 2.06 bits per heavy atom. The predicted octanol–water partition coefficient (Wildman–Crippen LogP) is 3.40. The van der Waals surface area contributed by atoms with Gasteiger partial charge in [-0.15, -0.1) is 0 Å². The van der Waals surface area contributed by atoms with Crippen LogP contribution in [0.1, 0.15) is 36.7 Å². The topological polar surface area (TPSA) is 30.7 Å². The van der Waals surface area contributed by atoms with Crippen LogP contribution < -0.4 is 0 Å². The molecular weight excluding hydrogens is 224 g/mol. The van der Waals surface area contributed by atoms with E-state index in [1.54, 1.807) is 18.5 Å². The van der Waals surface area contributed by atoms with Crippen LogP contribution in [0.2, 0.25) is 0 Å². The molecule has 2 rings (SSSR count). The first kappa shape index (κ1) is 12.0. The average molecular weight is 239 g/mol. The van der Waals surface area contributed by atoms with E-state index < -0.39 is 6.43 Å². The van der Waals surface area contributed by atoms with Crippen molar-refractivity contribution in [1.29, 1.82) is 0 Å². The fourth-order valence-corrected chi connectivity index (χ4v) is 2.06. The van der Waals surface area contributed by atoms with E-state index in [1.807, 2.05) is 6.92 Å². The van der Waals surface area contributed by atoms with Gasteiger partial charge in [0, 0.05) is 17.8 Å². The zero-order chi connectivity index (χ0) is 12.6. The highest BCUT2D eigenvalue weighted by Crippen LogP contribution is 2.29. The van der Waals surface area contributed by atoms with Crippen molar-refractivity contribution >= 4 is 11.0 Å². The van der Waals surface area contributed by atoms with Crippen LogP contribution in [0.4, 0.5) is 8.78 Å². The zero-order valence-electron chi connectivity index (χ0n) is 10.2. The Morgan fingerprint density at radius 1 is 1.35 bits per heavy atom. The van der Waals surface area contributed by atoms with Gasteiger partial charge in [0.25, 0.3) is 6.43 Å². The Kier molecular flexibility index (Phi) is 3.09. The molecule has 0 aromatic carbocycles. The van der Waals surface area contributed by atoms with Crippen molar-refractivity contribution < 1.29 is 8.78 Å². The number of alkyl halides is 2. The lowest BCUT2D eigenvalue weighted by Crippen LogP contribution is -2.01. The van der Waals surface area contributed by atoms with Crippen molar-refractivity contribution in [1.82, 2.24) is 14.8 Å². The van der Waals surface area contributed by atoms with Gasteiger partial charge < -0.3 is 0 Å². The number of hydrogen-bond donors (Lipinski definition) is 0. The molecule has 5 heteroatoms. The van der Waals surface area contributed by atoms with E-state index in [2.05, 4.69) is 10.1 Å². The van der Waals surface area contributed by atoms with Crippen molar-refractivity contribution in [2.45, 2.75) is 40.2 Å². The molecule has 92 valence electrons. The van der Waals surface area contributed by atoms with Crippen LogP contribution in [0.25, 0.3) is 11.0 Å². The fourth-order valence-electron chi connectivity index (χ4n) is 2.06. The van der Waals surface area contributed by atoms with Crippen molar-refractivity contribution in [2.75, 3.05) is 0 Å². The van der Waals surface area contributed by atoms with E-state index in [-0.39, 0.29) is 5.56 Å². The number of pyridine rings is 1. The average Bonchev–Trinajstić information content (AvgIpc) is 2.55. The van der Waals surface area contributed by atoms with Crippen molar-refractivity contribution in [2.24, 2.45) is 0 Å². The van der Waals surface area contributed by atoms with Crippen LogP contribution in [0.15, 0.2) is 6.07 Å². The minimum absolute atomic E-state index is 0.0346. The van der Waals surface area contributed by atoms with Crippen LogP contribution in [0, 0.1) is 13.8 Å². The molecule has 0 bridgehead atoms. The monoisotopic (exact) mass is 239 g/mol. The van der Waals surface area contributed by atoms with Crippen LogP contribution in [0.5, 0.6) is 0 Å². The van der Waals surface area contributed by atoms with Gasteiger partial charge in [-0.2, -0.15) is 5.10 Å². The summed E-state index contributed by atoms with van der Waals surface area (Å²) in [5.41, 5.74) is 1.83. The summed E-state index contributed by atoms with van der Waals surface area (Å²) < 4.78 is 27.7. The normalized spacial score (nSPS) is 11.6. The molecule has 0 saturated carbocycles. The molecule has 2 aromatic heterocycles. The minimum Gasteiger partial charge on any atom is -0.247 e. The van der Waals surface area contributed by atoms with E-state index in [1.165, 1.54) is 6.07 Å². The minimum atomic E-state index is -2.49. The van der Waals surface area contributed by atoms with Gasteiger partial charge in [-0.05, 0) is 26.3 Å². The van der Waals surface area contributed by atoms with Gasteiger partial charge in [0.05, 0.1) is 11.1 Å². The molecule has 0 fully saturated rings. The fraction of sp³-hybridized carbons (Fsp3) is 0.500. The summed E-state index contributed by atoms with van der Waals surface area (Å²) in [6, 6.07) is 1.44. The summed E-state index contributed by atoms with van der Waals surface area (Å²) in [7, 11) is 0. The van der Waals surface area contributed by atoms with Gasteiger partial charge in [-0.3, -0.25) is 0 Å². The highest BCUT2D eigenvalue weighted by molar-refractivity contribution is 5.82. The molecule has 0 radical (unpaired) electrons. The van der Waals surface area contributed by atoms with Gasteiger partial charge in [-0.1, -0.05) is 6.92 Å². The Labute approximate surface area is 98.5 Å². The largest absolute Gasteiger partial charge is 0.264 e. The van der Waals surface area contributed by atoms with E-state index in [0.717, 1.165) is 6.42 Å². The molecule has 3 nitrogen and oxygen atoms in total. The number of nitrogens with zero attached hydrogens (tertiary/aromatic N) is 3. The Morgan fingerprint density at radius 3 is 2.65 bits per heavy atom. The lowest BCUT2D eigenvalue weighted by Gasteiger charge is -2.05. The van der Waals surface area contributed by atoms with Crippen LogP contribution in [0.3, 0.4) is 0 Å². The number of rotatable bonds is 3. The highest BCUT2D eigenvalue weighted by Gasteiger charge is 2.19. The van der Waals surface area contributed by atoms with Crippen molar-refractivity contribution in [3.05, 3.63) is 23.0 Å². The molecule has 0 spiro atoms. The van der Waals surface area contributed by atoms with Crippen LogP contribution in [-0.4, -0.2) is 14.8 Å². The first-order chi connectivity index (χ1) is 8.04. The lowest BCUT2D eigenvalue weighted by molar-refractivity contribution is 0.153. The predicted molar refractivity (Wildman–Crippen MR) is 62.3 cm³/mol. The van der Waals surface area contributed by atoms with E-state index in [0.29, 0.717) is 29.0 Å². The summed E-state index contributed by atoms with van der Waals surface area (Å²) in [5, 5.41) is 4.78. The Hall–Kier alpha value is -1.52. The third kappa shape index (κ3) is 2.01. The molecule has 17 heavy (non-hydrogen) atoms. The lowest BCUT2D eigenvalue weighted by atomic mass is 10.1. The standard InChI is InChI=1S/C12H15F2N3/c1-4-5-17-12-10(8(3)16-17)9(11(13)14)6-7(2)15-12/h6,11H,4-5H2,1-3H3. The summed E-state index contributed by atoms with van der Waals surface area (Å²) in [5.74, 6) is 0. The Bertz CT molecular complexity index is 546. The maximum Gasteiger partial charge on any atom is 0.264 e. The molecule has 0 aliphatic carbocycles. The molecular formula is C12H15F2N3. The van der Waals surface area contributed by atoms with Gasteiger partial charge in [0.2, 0.25) is 0 Å². The van der Waals surface area contributed by atoms with Crippen LogP contribution >= 0.6 is 0 Å². The Balaban J connectivity index is 2.76. The van der Waals surface area contributed by atoms with Gasteiger partial charge >= 0.3 is 0 Å². The van der Waals surface area contributed by atoms with Gasteiger partial charge in [-0.25, -0.2) is 18.4 Å². The van der Waals surface area contributed by atoms with E-state index in [9.17, 15) is 8.78 Å². The molecule has 0 aliphatic rings. The zero-order valence-corrected chi connectivity index (χ0v) is 10.2. The molecule has 2 heterocycles. The number of fused-ring (bicyclic) bond motifs is 1. The second-order valence-corrected chi connectivity index (χ2v) is 4.16. The first-order valence-corrected chi connectivity index (χ1v) is 5.67. The number of aryl methyl sites for hydroxylation is 3. The molecule has 0 amide bonds.